The molecule has 8 heteroatoms. The van der Waals surface area contributed by atoms with E-state index in [1.54, 1.807) is 12.1 Å². The molecule has 2 aromatic carbocycles. The van der Waals surface area contributed by atoms with Gasteiger partial charge in [0.25, 0.3) is 0 Å². The van der Waals surface area contributed by atoms with Crippen LogP contribution < -0.4 is 14.8 Å². The number of rotatable bonds is 5. The van der Waals surface area contributed by atoms with E-state index in [1.165, 1.54) is 19.1 Å². The van der Waals surface area contributed by atoms with Gasteiger partial charge in [-0.3, -0.25) is 14.5 Å². The number of ether oxygens (including phenoxy) is 3. The van der Waals surface area contributed by atoms with Crippen molar-refractivity contribution in [1.29, 1.82) is 0 Å². The van der Waals surface area contributed by atoms with Crippen LogP contribution in [0.2, 0.25) is 0 Å². The Labute approximate surface area is 180 Å². The number of nitrogens with one attached hydrogen (secondary N) is 1. The lowest BCUT2D eigenvalue weighted by Gasteiger charge is -2.29. The number of aryl methyl sites for hydroxylation is 2. The number of methoxy groups -OCH3 is 2. The van der Waals surface area contributed by atoms with Gasteiger partial charge in [0.2, 0.25) is 18.0 Å². The van der Waals surface area contributed by atoms with Crippen LogP contribution in [0, 0.1) is 13.8 Å². The van der Waals surface area contributed by atoms with Crippen LogP contribution in [-0.4, -0.2) is 42.9 Å². The van der Waals surface area contributed by atoms with E-state index in [0.29, 0.717) is 23.4 Å². The normalized spacial score (nSPS) is 19.8. The molecule has 0 spiro atoms. The second-order valence-corrected chi connectivity index (χ2v) is 7.69. The van der Waals surface area contributed by atoms with Crippen LogP contribution in [0.4, 0.5) is 5.69 Å². The molecule has 2 unspecified atom stereocenters. The van der Waals surface area contributed by atoms with Crippen molar-refractivity contribution >= 4 is 23.5 Å². The van der Waals surface area contributed by atoms with E-state index in [9.17, 15) is 14.4 Å². The molecule has 2 aliphatic rings. The van der Waals surface area contributed by atoms with Crippen molar-refractivity contribution < 1.29 is 28.6 Å². The summed E-state index contributed by atoms with van der Waals surface area (Å²) >= 11 is 0. The maximum absolute atomic E-state index is 13.1. The maximum Gasteiger partial charge on any atom is 0.344 e. The minimum absolute atomic E-state index is 0.196. The minimum Gasteiger partial charge on any atom is -0.493 e. The first-order valence-corrected chi connectivity index (χ1v) is 10.0. The molecule has 162 valence electrons. The molecule has 2 aromatic rings. The molecule has 0 radical (unpaired) electrons. The number of carbonyl (C=O) groups excluding carboxylic acids is 3. The Hall–Kier alpha value is -3.55. The fourth-order valence-corrected chi connectivity index (χ4v) is 4.21. The number of nitrogens with zero attached hydrogens (tertiary/aromatic N) is 1. The van der Waals surface area contributed by atoms with Crippen LogP contribution in [0.3, 0.4) is 0 Å². The molecule has 4 rings (SSSR count). The highest BCUT2D eigenvalue weighted by atomic mass is 16.6. The van der Waals surface area contributed by atoms with Crippen LogP contribution in [0.25, 0.3) is 0 Å². The van der Waals surface area contributed by atoms with Gasteiger partial charge < -0.3 is 19.5 Å². The fraction of sp³-hybridized carbons (Fsp3) is 0.348. The predicted molar refractivity (Wildman–Crippen MR) is 112 cm³/mol. The van der Waals surface area contributed by atoms with Crippen LogP contribution >= 0.6 is 0 Å². The lowest BCUT2D eigenvalue weighted by atomic mass is 10.0. The Balaban J connectivity index is 1.65. The third kappa shape index (κ3) is 3.48. The standard InChI is InChI=1S/C23H24N2O6/c1-12-5-7-15(13(2)11-12)24-21(27)16-8-10-18(26)25(16)22-14-6-9-17(29-3)20(30-4)19(14)23(28)31-22/h5-7,9,11,16,22H,8,10H2,1-4H3,(H,24,27). The molecule has 1 fully saturated rings. The summed E-state index contributed by atoms with van der Waals surface area (Å²) in [5, 5.41) is 2.91. The predicted octanol–water partition coefficient (Wildman–Crippen LogP) is 3.12. The first-order valence-electron chi connectivity index (χ1n) is 10.0. The zero-order chi connectivity index (χ0) is 22.3. The number of benzene rings is 2. The van der Waals surface area contributed by atoms with Crippen molar-refractivity contribution in [3.8, 4) is 11.5 Å². The molecule has 0 bridgehead atoms. The van der Waals surface area contributed by atoms with Crippen molar-refractivity contribution in [2.45, 2.75) is 39.0 Å². The number of likely N-dealkylation sites (tertiary alicyclic amines) is 1. The van der Waals surface area contributed by atoms with Crippen molar-refractivity contribution in [1.82, 2.24) is 4.90 Å². The van der Waals surface area contributed by atoms with E-state index in [0.717, 1.165) is 11.1 Å². The number of esters is 1. The summed E-state index contributed by atoms with van der Waals surface area (Å²) in [6.07, 6.45) is -0.458. The number of cyclic esters (lactones) is 1. The van der Waals surface area contributed by atoms with E-state index in [2.05, 4.69) is 5.32 Å². The zero-order valence-electron chi connectivity index (χ0n) is 17.9. The molecular weight excluding hydrogens is 400 g/mol. The molecule has 2 amide bonds. The SMILES string of the molecule is COc1ccc2c(c1OC)C(=O)OC2N1C(=O)CCC1C(=O)Nc1ccc(C)cc1C. The Morgan fingerprint density at radius 3 is 2.58 bits per heavy atom. The number of carbonyl (C=O) groups is 3. The molecule has 8 nitrogen and oxygen atoms in total. The quantitative estimate of drug-likeness (QED) is 0.742. The molecule has 1 N–H and O–H groups in total. The highest BCUT2D eigenvalue weighted by molar-refractivity contribution is 6.01. The lowest BCUT2D eigenvalue weighted by Crippen LogP contribution is -2.44. The second-order valence-electron chi connectivity index (χ2n) is 7.69. The monoisotopic (exact) mass is 424 g/mol. The molecule has 2 atom stereocenters. The fourth-order valence-electron chi connectivity index (χ4n) is 4.21. The van der Waals surface area contributed by atoms with Gasteiger partial charge in [-0.2, -0.15) is 0 Å². The van der Waals surface area contributed by atoms with E-state index in [-0.39, 0.29) is 29.5 Å². The van der Waals surface area contributed by atoms with Crippen LogP contribution in [0.1, 0.15) is 46.1 Å². The smallest absolute Gasteiger partial charge is 0.344 e. The maximum atomic E-state index is 13.1. The summed E-state index contributed by atoms with van der Waals surface area (Å²) in [6, 6.07) is 8.28. The third-order valence-corrected chi connectivity index (χ3v) is 5.72. The molecular formula is C23H24N2O6. The number of fused-ring (bicyclic) bond motifs is 1. The van der Waals surface area contributed by atoms with E-state index < -0.39 is 18.2 Å². The highest BCUT2D eigenvalue weighted by Crippen LogP contribution is 2.45. The van der Waals surface area contributed by atoms with Gasteiger partial charge in [0.05, 0.1) is 14.2 Å². The molecule has 2 aliphatic heterocycles. The van der Waals surface area contributed by atoms with Crippen LogP contribution in [0.5, 0.6) is 11.5 Å². The van der Waals surface area contributed by atoms with Gasteiger partial charge in [-0.05, 0) is 44.0 Å². The van der Waals surface area contributed by atoms with E-state index in [4.69, 9.17) is 14.2 Å². The molecule has 1 saturated heterocycles. The van der Waals surface area contributed by atoms with Crippen molar-refractivity contribution in [3.05, 3.63) is 52.6 Å². The summed E-state index contributed by atoms with van der Waals surface area (Å²) < 4.78 is 16.2. The molecule has 0 aromatic heterocycles. The first-order chi connectivity index (χ1) is 14.8. The number of amides is 2. The topological polar surface area (TPSA) is 94.2 Å². The Kier molecular flexibility index (Phi) is 5.31. The molecule has 2 heterocycles. The van der Waals surface area contributed by atoms with E-state index >= 15 is 0 Å². The third-order valence-electron chi connectivity index (χ3n) is 5.72. The van der Waals surface area contributed by atoms with Crippen molar-refractivity contribution in [2.24, 2.45) is 0 Å². The second kappa shape index (κ2) is 7.94. The first kappa shape index (κ1) is 20.7. The van der Waals surface area contributed by atoms with E-state index in [1.807, 2.05) is 32.0 Å². The van der Waals surface area contributed by atoms with Gasteiger partial charge in [0.15, 0.2) is 11.5 Å². The summed E-state index contributed by atoms with van der Waals surface area (Å²) in [4.78, 5) is 39.8. The van der Waals surface area contributed by atoms with Crippen molar-refractivity contribution in [3.63, 3.8) is 0 Å². The molecule has 0 aliphatic carbocycles. The summed E-state index contributed by atoms with van der Waals surface area (Å²) in [7, 11) is 2.90. The number of anilines is 1. The van der Waals surface area contributed by atoms with Crippen LogP contribution in [0.15, 0.2) is 30.3 Å². The number of hydrogen-bond acceptors (Lipinski definition) is 6. The molecule has 31 heavy (non-hydrogen) atoms. The van der Waals surface area contributed by atoms with Gasteiger partial charge in [-0.15, -0.1) is 0 Å². The van der Waals surface area contributed by atoms with Crippen molar-refractivity contribution in [2.75, 3.05) is 19.5 Å². The average Bonchev–Trinajstić information content (AvgIpc) is 3.29. The van der Waals surface area contributed by atoms with Crippen LogP contribution in [-0.2, 0) is 14.3 Å². The number of hydrogen-bond donors (Lipinski definition) is 1. The van der Waals surface area contributed by atoms with Gasteiger partial charge in [-0.25, -0.2) is 4.79 Å². The summed E-state index contributed by atoms with van der Waals surface area (Å²) in [5.41, 5.74) is 3.39. The summed E-state index contributed by atoms with van der Waals surface area (Å²) in [5.74, 6) is -0.556. The Morgan fingerprint density at radius 2 is 1.90 bits per heavy atom. The Morgan fingerprint density at radius 1 is 1.13 bits per heavy atom. The zero-order valence-corrected chi connectivity index (χ0v) is 17.9. The largest absolute Gasteiger partial charge is 0.493 e. The van der Waals surface area contributed by atoms with Gasteiger partial charge in [-0.1, -0.05) is 17.7 Å². The Bertz CT molecular complexity index is 1080. The lowest BCUT2D eigenvalue weighted by molar-refractivity contribution is -0.144. The average molecular weight is 424 g/mol. The van der Waals surface area contributed by atoms with Gasteiger partial charge in [0.1, 0.15) is 11.6 Å². The highest BCUT2D eigenvalue weighted by Gasteiger charge is 2.47. The minimum atomic E-state index is -0.993. The van der Waals surface area contributed by atoms with Gasteiger partial charge >= 0.3 is 5.97 Å². The van der Waals surface area contributed by atoms with Gasteiger partial charge in [0, 0.05) is 17.7 Å². The molecule has 0 saturated carbocycles. The summed E-state index contributed by atoms with van der Waals surface area (Å²) in [6.45, 7) is 3.89.